The SMILES string of the molecule is CCCC1CCC(C)(C)C1. The fraction of sp³-hybridized carbons (Fsp3) is 1.00. The summed E-state index contributed by atoms with van der Waals surface area (Å²) in [5, 5.41) is 0. The van der Waals surface area contributed by atoms with Gasteiger partial charge >= 0.3 is 0 Å². The van der Waals surface area contributed by atoms with Crippen molar-refractivity contribution >= 4 is 0 Å². The summed E-state index contributed by atoms with van der Waals surface area (Å²) in [6, 6.07) is 0. The average Bonchev–Trinajstić information content (AvgIpc) is 2.12. The highest BCUT2D eigenvalue weighted by Gasteiger charge is 2.29. The van der Waals surface area contributed by atoms with E-state index in [1.165, 1.54) is 32.1 Å². The van der Waals surface area contributed by atoms with Crippen LogP contribution in [0.3, 0.4) is 0 Å². The van der Waals surface area contributed by atoms with Crippen LogP contribution in [0.4, 0.5) is 0 Å². The van der Waals surface area contributed by atoms with Gasteiger partial charge in [0.1, 0.15) is 0 Å². The van der Waals surface area contributed by atoms with Gasteiger partial charge in [0, 0.05) is 0 Å². The van der Waals surface area contributed by atoms with E-state index in [0.717, 1.165) is 5.92 Å². The Morgan fingerprint density at radius 3 is 2.50 bits per heavy atom. The zero-order chi connectivity index (χ0) is 7.61. The number of hydrogen-bond acceptors (Lipinski definition) is 0. The van der Waals surface area contributed by atoms with E-state index in [0.29, 0.717) is 5.41 Å². The van der Waals surface area contributed by atoms with E-state index in [4.69, 9.17) is 0 Å². The smallest absolute Gasteiger partial charge is 0.0351 e. The molecule has 0 radical (unpaired) electrons. The van der Waals surface area contributed by atoms with Crippen molar-refractivity contribution < 1.29 is 0 Å². The van der Waals surface area contributed by atoms with Crippen molar-refractivity contribution in [2.24, 2.45) is 11.3 Å². The summed E-state index contributed by atoms with van der Waals surface area (Å²) in [4.78, 5) is 0. The standard InChI is InChI=1S/C10H20/c1-4-5-9-6-7-10(2,3)8-9/h9H,4-8H2,1-3H3. The maximum absolute atomic E-state index is 2.41. The van der Waals surface area contributed by atoms with Crippen LogP contribution in [-0.2, 0) is 0 Å². The summed E-state index contributed by atoms with van der Waals surface area (Å²) in [5.74, 6) is 1.06. The molecule has 0 N–H and O–H groups in total. The number of hydrogen-bond donors (Lipinski definition) is 0. The average molecular weight is 140 g/mol. The van der Waals surface area contributed by atoms with Gasteiger partial charge in [-0.1, -0.05) is 33.6 Å². The molecule has 1 saturated carbocycles. The molecule has 1 aliphatic rings. The van der Waals surface area contributed by atoms with Crippen LogP contribution < -0.4 is 0 Å². The van der Waals surface area contributed by atoms with Crippen LogP contribution in [0, 0.1) is 11.3 Å². The predicted octanol–water partition coefficient (Wildman–Crippen LogP) is 3.61. The molecular formula is C10H20. The Bertz CT molecular complexity index is 103. The van der Waals surface area contributed by atoms with E-state index in [2.05, 4.69) is 20.8 Å². The first-order valence-electron chi connectivity index (χ1n) is 4.64. The van der Waals surface area contributed by atoms with Gasteiger partial charge in [-0.2, -0.15) is 0 Å². The molecule has 0 bridgehead atoms. The van der Waals surface area contributed by atoms with Crippen molar-refractivity contribution in [2.45, 2.75) is 52.9 Å². The van der Waals surface area contributed by atoms with Crippen molar-refractivity contribution in [1.29, 1.82) is 0 Å². The second-order valence-corrected chi connectivity index (χ2v) is 4.56. The molecule has 0 spiro atoms. The Hall–Kier alpha value is 0. The molecule has 1 aliphatic carbocycles. The molecule has 1 fully saturated rings. The quantitative estimate of drug-likeness (QED) is 0.549. The lowest BCUT2D eigenvalue weighted by molar-refractivity contribution is 0.353. The molecule has 1 atom stereocenters. The van der Waals surface area contributed by atoms with Crippen LogP contribution >= 0.6 is 0 Å². The molecule has 0 aromatic rings. The van der Waals surface area contributed by atoms with Crippen LogP contribution in [0.1, 0.15) is 52.9 Å². The van der Waals surface area contributed by atoms with Crippen molar-refractivity contribution in [3.63, 3.8) is 0 Å². The summed E-state index contributed by atoms with van der Waals surface area (Å²) in [6.07, 6.45) is 7.25. The van der Waals surface area contributed by atoms with Crippen molar-refractivity contribution in [2.75, 3.05) is 0 Å². The highest BCUT2D eigenvalue weighted by Crippen LogP contribution is 2.42. The largest absolute Gasteiger partial charge is 0.0654 e. The van der Waals surface area contributed by atoms with Crippen LogP contribution in [0.5, 0.6) is 0 Å². The Labute approximate surface area is 65.0 Å². The van der Waals surface area contributed by atoms with E-state index in [9.17, 15) is 0 Å². The summed E-state index contributed by atoms with van der Waals surface area (Å²) in [7, 11) is 0. The Balaban J connectivity index is 2.29. The van der Waals surface area contributed by atoms with Gasteiger partial charge in [0.05, 0.1) is 0 Å². The van der Waals surface area contributed by atoms with Crippen LogP contribution in [0.2, 0.25) is 0 Å². The molecule has 0 aliphatic heterocycles. The third-order valence-electron chi connectivity index (χ3n) is 2.77. The lowest BCUT2D eigenvalue weighted by atomic mass is 9.90. The molecule has 1 unspecified atom stereocenters. The third kappa shape index (κ3) is 2.00. The maximum atomic E-state index is 2.41. The highest BCUT2D eigenvalue weighted by molar-refractivity contribution is 4.81. The first-order chi connectivity index (χ1) is 4.64. The summed E-state index contributed by atoms with van der Waals surface area (Å²) in [5.41, 5.74) is 0.667. The van der Waals surface area contributed by atoms with Crippen molar-refractivity contribution in [3.8, 4) is 0 Å². The molecule has 0 saturated heterocycles. The molecular weight excluding hydrogens is 120 g/mol. The van der Waals surface area contributed by atoms with E-state index >= 15 is 0 Å². The van der Waals surface area contributed by atoms with Crippen LogP contribution in [-0.4, -0.2) is 0 Å². The summed E-state index contributed by atoms with van der Waals surface area (Å²) < 4.78 is 0. The van der Waals surface area contributed by atoms with Gasteiger partial charge in [0.15, 0.2) is 0 Å². The minimum Gasteiger partial charge on any atom is -0.0654 e. The highest BCUT2D eigenvalue weighted by atomic mass is 14.3. The molecule has 0 aromatic heterocycles. The summed E-state index contributed by atoms with van der Waals surface area (Å²) in [6.45, 7) is 7.11. The monoisotopic (exact) mass is 140 g/mol. The molecule has 0 nitrogen and oxygen atoms in total. The van der Waals surface area contributed by atoms with Crippen LogP contribution in [0.25, 0.3) is 0 Å². The van der Waals surface area contributed by atoms with Gasteiger partial charge in [-0.25, -0.2) is 0 Å². The first kappa shape index (κ1) is 8.10. The molecule has 60 valence electrons. The second kappa shape index (κ2) is 2.94. The fourth-order valence-electron chi connectivity index (χ4n) is 2.24. The fourth-order valence-corrected chi connectivity index (χ4v) is 2.24. The normalized spacial score (nSPS) is 30.9. The first-order valence-corrected chi connectivity index (χ1v) is 4.64. The zero-order valence-electron chi connectivity index (χ0n) is 7.61. The van der Waals surface area contributed by atoms with Gasteiger partial charge in [-0.05, 0) is 30.6 Å². The van der Waals surface area contributed by atoms with Gasteiger partial charge in [-0.3, -0.25) is 0 Å². The molecule has 0 aromatic carbocycles. The zero-order valence-corrected chi connectivity index (χ0v) is 7.61. The van der Waals surface area contributed by atoms with E-state index in [1.807, 2.05) is 0 Å². The van der Waals surface area contributed by atoms with Crippen LogP contribution in [0.15, 0.2) is 0 Å². The molecule has 10 heavy (non-hydrogen) atoms. The minimum absolute atomic E-state index is 0.667. The maximum Gasteiger partial charge on any atom is -0.0351 e. The predicted molar refractivity (Wildman–Crippen MR) is 46.0 cm³/mol. The molecule has 0 heterocycles. The van der Waals surface area contributed by atoms with E-state index < -0.39 is 0 Å². The van der Waals surface area contributed by atoms with Gasteiger partial charge < -0.3 is 0 Å². The van der Waals surface area contributed by atoms with Gasteiger partial charge in [0.2, 0.25) is 0 Å². The van der Waals surface area contributed by atoms with E-state index in [-0.39, 0.29) is 0 Å². The Morgan fingerprint density at radius 2 is 2.10 bits per heavy atom. The van der Waals surface area contributed by atoms with Gasteiger partial charge in [-0.15, -0.1) is 0 Å². The topological polar surface area (TPSA) is 0 Å². The summed E-state index contributed by atoms with van der Waals surface area (Å²) >= 11 is 0. The lowest BCUT2D eigenvalue weighted by Crippen LogP contribution is -2.04. The number of rotatable bonds is 2. The second-order valence-electron chi connectivity index (χ2n) is 4.56. The molecule has 0 heteroatoms. The lowest BCUT2D eigenvalue weighted by Gasteiger charge is -2.16. The molecule has 0 amide bonds. The molecule has 1 rings (SSSR count). The minimum atomic E-state index is 0.667. The van der Waals surface area contributed by atoms with Gasteiger partial charge in [0.25, 0.3) is 0 Å². The van der Waals surface area contributed by atoms with Crippen molar-refractivity contribution in [1.82, 2.24) is 0 Å². The third-order valence-corrected chi connectivity index (χ3v) is 2.77. The van der Waals surface area contributed by atoms with Crippen molar-refractivity contribution in [3.05, 3.63) is 0 Å². The Kier molecular flexibility index (Phi) is 2.38. The van der Waals surface area contributed by atoms with E-state index in [1.54, 1.807) is 0 Å². The Morgan fingerprint density at radius 1 is 1.40 bits per heavy atom.